The highest BCUT2D eigenvalue weighted by Crippen LogP contribution is 2.12. The van der Waals surface area contributed by atoms with Crippen LogP contribution in [0.1, 0.15) is 25.2 Å². The summed E-state index contributed by atoms with van der Waals surface area (Å²) in [5.41, 5.74) is 7.97. The molecule has 0 unspecified atom stereocenters. The highest BCUT2D eigenvalue weighted by molar-refractivity contribution is 5.28. The second kappa shape index (κ2) is 4.28. The van der Waals surface area contributed by atoms with Gasteiger partial charge in [-0.3, -0.25) is 0 Å². The van der Waals surface area contributed by atoms with Crippen molar-refractivity contribution in [1.82, 2.24) is 14.9 Å². The maximum Gasteiger partial charge on any atom is 0.200 e. The van der Waals surface area contributed by atoms with Gasteiger partial charge in [0.1, 0.15) is 0 Å². The standard InChI is InChI=1S/C9H18N4/c1-4-11-6-8-7(3)12-9(10)13(8)5-2/h11H,4-6H2,1-3H3,(H2,10,12). The minimum absolute atomic E-state index is 0.618. The molecular formula is C9H18N4. The van der Waals surface area contributed by atoms with Crippen LogP contribution in [0.5, 0.6) is 0 Å². The molecule has 74 valence electrons. The monoisotopic (exact) mass is 182 g/mol. The Bertz CT molecular complexity index is 277. The quantitative estimate of drug-likeness (QED) is 0.727. The highest BCUT2D eigenvalue weighted by atomic mass is 15.2. The van der Waals surface area contributed by atoms with E-state index in [-0.39, 0.29) is 0 Å². The molecular weight excluding hydrogens is 164 g/mol. The summed E-state index contributed by atoms with van der Waals surface area (Å²) in [6, 6.07) is 0. The molecule has 13 heavy (non-hydrogen) atoms. The van der Waals surface area contributed by atoms with Crippen LogP contribution in [0.25, 0.3) is 0 Å². The first-order valence-electron chi connectivity index (χ1n) is 4.72. The molecule has 0 bridgehead atoms. The maximum atomic E-state index is 5.75. The van der Waals surface area contributed by atoms with Gasteiger partial charge in [0.25, 0.3) is 0 Å². The van der Waals surface area contributed by atoms with E-state index in [4.69, 9.17) is 5.73 Å². The molecule has 4 heteroatoms. The van der Waals surface area contributed by atoms with Crippen LogP contribution in [0, 0.1) is 6.92 Å². The molecule has 0 fully saturated rings. The van der Waals surface area contributed by atoms with E-state index < -0.39 is 0 Å². The summed E-state index contributed by atoms with van der Waals surface area (Å²) in [5.74, 6) is 0.618. The Balaban J connectivity index is 2.89. The minimum atomic E-state index is 0.618. The summed E-state index contributed by atoms with van der Waals surface area (Å²) >= 11 is 0. The summed E-state index contributed by atoms with van der Waals surface area (Å²) in [6.07, 6.45) is 0. The van der Waals surface area contributed by atoms with Gasteiger partial charge in [-0.15, -0.1) is 0 Å². The molecule has 0 aliphatic carbocycles. The topological polar surface area (TPSA) is 55.9 Å². The average Bonchev–Trinajstić information content (AvgIpc) is 2.37. The van der Waals surface area contributed by atoms with Crippen LogP contribution < -0.4 is 11.1 Å². The van der Waals surface area contributed by atoms with Gasteiger partial charge >= 0.3 is 0 Å². The lowest BCUT2D eigenvalue weighted by Gasteiger charge is -2.07. The second-order valence-corrected chi connectivity index (χ2v) is 3.03. The van der Waals surface area contributed by atoms with E-state index in [1.165, 1.54) is 5.69 Å². The van der Waals surface area contributed by atoms with Gasteiger partial charge in [0.2, 0.25) is 5.95 Å². The maximum absolute atomic E-state index is 5.75. The smallest absolute Gasteiger partial charge is 0.200 e. The van der Waals surface area contributed by atoms with E-state index in [0.717, 1.165) is 25.3 Å². The second-order valence-electron chi connectivity index (χ2n) is 3.03. The van der Waals surface area contributed by atoms with E-state index in [1.807, 2.05) is 11.5 Å². The van der Waals surface area contributed by atoms with Gasteiger partial charge in [-0.1, -0.05) is 6.92 Å². The van der Waals surface area contributed by atoms with E-state index in [2.05, 4.69) is 24.1 Å². The zero-order chi connectivity index (χ0) is 9.84. The van der Waals surface area contributed by atoms with Crippen molar-refractivity contribution >= 4 is 5.95 Å². The van der Waals surface area contributed by atoms with Crippen LogP contribution in [-0.4, -0.2) is 16.1 Å². The minimum Gasteiger partial charge on any atom is -0.369 e. The number of nitrogens with one attached hydrogen (secondary N) is 1. The van der Waals surface area contributed by atoms with E-state index in [1.54, 1.807) is 0 Å². The average molecular weight is 182 g/mol. The molecule has 0 spiro atoms. The Kier molecular flexibility index (Phi) is 3.31. The Morgan fingerprint density at radius 2 is 2.15 bits per heavy atom. The van der Waals surface area contributed by atoms with Crippen LogP contribution in [0.15, 0.2) is 0 Å². The Labute approximate surface area is 79.1 Å². The molecule has 0 atom stereocenters. The van der Waals surface area contributed by atoms with Gasteiger partial charge in [-0.25, -0.2) is 4.98 Å². The van der Waals surface area contributed by atoms with Crippen molar-refractivity contribution in [3.8, 4) is 0 Å². The number of hydrogen-bond acceptors (Lipinski definition) is 3. The molecule has 0 aliphatic heterocycles. The molecule has 1 heterocycles. The number of nitrogens with two attached hydrogens (primary N) is 1. The van der Waals surface area contributed by atoms with Crippen molar-refractivity contribution in [2.24, 2.45) is 0 Å². The van der Waals surface area contributed by atoms with E-state index >= 15 is 0 Å². The van der Waals surface area contributed by atoms with E-state index in [0.29, 0.717) is 5.95 Å². The SMILES string of the molecule is CCNCc1c(C)nc(N)n1CC. The molecule has 0 saturated carbocycles. The first-order chi connectivity index (χ1) is 6.20. The number of nitrogens with zero attached hydrogens (tertiary/aromatic N) is 2. The molecule has 0 saturated heterocycles. The summed E-state index contributed by atoms with van der Waals surface area (Å²) in [4.78, 5) is 4.24. The number of anilines is 1. The molecule has 1 rings (SSSR count). The Hall–Kier alpha value is -1.03. The molecule has 0 aromatic carbocycles. The van der Waals surface area contributed by atoms with Crippen LogP contribution in [0.2, 0.25) is 0 Å². The van der Waals surface area contributed by atoms with Gasteiger partial charge in [-0.2, -0.15) is 0 Å². The third kappa shape index (κ3) is 2.01. The highest BCUT2D eigenvalue weighted by Gasteiger charge is 2.09. The molecule has 3 N–H and O–H groups in total. The van der Waals surface area contributed by atoms with Crippen molar-refractivity contribution in [1.29, 1.82) is 0 Å². The van der Waals surface area contributed by atoms with Crippen molar-refractivity contribution in [2.75, 3.05) is 12.3 Å². The fourth-order valence-corrected chi connectivity index (χ4v) is 1.45. The van der Waals surface area contributed by atoms with Gasteiger partial charge in [0.15, 0.2) is 0 Å². The van der Waals surface area contributed by atoms with Gasteiger partial charge in [-0.05, 0) is 20.4 Å². The lowest BCUT2D eigenvalue weighted by atomic mass is 10.3. The first-order valence-corrected chi connectivity index (χ1v) is 4.72. The molecule has 0 aliphatic rings. The van der Waals surface area contributed by atoms with Crippen molar-refractivity contribution in [3.05, 3.63) is 11.4 Å². The van der Waals surface area contributed by atoms with Crippen LogP contribution in [0.3, 0.4) is 0 Å². The zero-order valence-electron chi connectivity index (χ0n) is 8.59. The largest absolute Gasteiger partial charge is 0.369 e. The predicted octanol–water partition coefficient (Wildman–Crippen LogP) is 0.903. The van der Waals surface area contributed by atoms with Gasteiger partial charge in [0, 0.05) is 13.1 Å². The van der Waals surface area contributed by atoms with Crippen LogP contribution in [-0.2, 0) is 13.1 Å². The predicted molar refractivity (Wildman–Crippen MR) is 54.4 cm³/mol. The van der Waals surface area contributed by atoms with Gasteiger partial charge < -0.3 is 15.6 Å². The summed E-state index contributed by atoms with van der Waals surface area (Å²) < 4.78 is 2.04. The van der Waals surface area contributed by atoms with Crippen LogP contribution in [0.4, 0.5) is 5.95 Å². The Morgan fingerprint density at radius 3 is 2.69 bits per heavy atom. The lowest BCUT2D eigenvalue weighted by molar-refractivity contribution is 0.647. The molecule has 0 amide bonds. The van der Waals surface area contributed by atoms with Crippen molar-refractivity contribution in [2.45, 2.75) is 33.9 Å². The number of aromatic nitrogens is 2. The third-order valence-electron chi connectivity index (χ3n) is 2.16. The summed E-state index contributed by atoms with van der Waals surface area (Å²) in [5, 5.41) is 3.28. The summed E-state index contributed by atoms with van der Waals surface area (Å²) in [6.45, 7) is 8.86. The Morgan fingerprint density at radius 1 is 1.46 bits per heavy atom. The van der Waals surface area contributed by atoms with Gasteiger partial charge in [0.05, 0.1) is 11.4 Å². The molecule has 1 aromatic rings. The lowest BCUT2D eigenvalue weighted by Crippen LogP contribution is -2.16. The zero-order valence-corrected chi connectivity index (χ0v) is 8.59. The summed E-state index contributed by atoms with van der Waals surface area (Å²) in [7, 11) is 0. The number of hydrogen-bond donors (Lipinski definition) is 2. The number of aryl methyl sites for hydroxylation is 1. The van der Waals surface area contributed by atoms with Crippen molar-refractivity contribution in [3.63, 3.8) is 0 Å². The fourth-order valence-electron chi connectivity index (χ4n) is 1.45. The van der Waals surface area contributed by atoms with Crippen LogP contribution >= 0.6 is 0 Å². The fraction of sp³-hybridized carbons (Fsp3) is 0.667. The number of imidazole rings is 1. The first kappa shape index (κ1) is 10.1. The van der Waals surface area contributed by atoms with Crippen molar-refractivity contribution < 1.29 is 0 Å². The van der Waals surface area contributed by atoms with E-state index in [9.17, 15) is 0 Å². The third-order valence-corrected chi connectivity index (χ3v) is 2.16. The molecule has 1 aromatic heterocycles. The molecule has 0 radical (unpaired) electrons. The normalized spacial score (nSPS) is 10.7. The molecule has 4 nitrogen and oxygen atoms in total. The number of rotatable bonds is 4. The number of nitrogen functional groups attached to an aromatic ring is 1.